The molecule has 0 N–H and O–H groups in total. The number of rotatable bonds is 4. The van der Waals surface area contributed by atoms with Gasteiger partial charge in [0.2, 0.25) is 0 Å². The highest BCUT2D eigenvalue weighted by Crippen LogP contribution is 2.02. The fourth-order valence-electron chi connectivity index (χ4n) is 0.577. The minimum atomic E-state index is 0.156. The largest absolute Gasteiger partial charge is 0.299 e. The number of ketones is 1. The van der Waals surface area contributed by atoms with Gasteiger partial charge in [0.05, 0.1) is 0 Å². The van der Waals surface area contributed by atoms with Crippen molar-refractivity contribution in [3.05, 3.63) is 11.6 Å². The van der Waals surface area contributed by atoms with E-state index in [-0.39, 0.29) is 5.92 Å². The molecule has 1 nitrogen and oxygen atoms in total. The molecule has 0 aliphatic carbocycles. The molecule has 0 heterocycles. The highest BCUT2D eigenvalue weighted by molar-refractivity contribution is 6.25. The molecule has 58 valence electrons. The summed E-state index contributed by atoms with van der Waals surface area (Å²) in [4.78, 5) is 10.9. The fourth-order valence-corrected chi connectivity index (χ4v) is 0.703. The maximum absolute atomic E-state index is 10.9. The van der Waals surface area contributed by atoms with Gasteiger partial charge in [-0.2, -0.15) is 0 Å². The van der Waals surface area contributed by atoms with E-state index in [9.17, 15) is 4.79 Å². The van der Waals surface area contributed by atoms with Crippen molar-refractivity contribution in [3.8, 4) is 0 Å². The third-order valence-corrected chi connectivity index (χ3v) is 1.47. The normalized spacial score (nSPS) is 11.2. The monoisotopic (exact) mass is 160 g/mol. The van der Waals surface area contributed by atoms with Crippen LogP contribution >= 0.6 is 11.6 Å². The van der Waals surface area contributed by atoms with Crippen LogP contribution in [0.25, 0.3) is 0 Å². The van der Waals surface area contributed by atoms with Crippen molar-refractivity contribution < 1.29 is 4.79 Å². The van der Waals surface area contributed by atoms with Gasteiger partial charge in [-0.25, -0.2) is 0 Å². The van der Waals surface area contributed by atoms with Gasteiger partial charge in [0.15, 0.2) is 0 Å². The quantitative estimate of drug-likeness (QED) is 0.618. The van der Waals surface area contributed by atoms with Gasteiger partial charge in [-0.15, -0.1) is 0 Å². The molecule has 0 saturated heterocycles. The smallest absolute Gasteiger partial charge is 0.135 e. The summed E-state index contributed by atoms with van der Waals surface area (Å²) >= 11 is 5.27. The molecule has 0 unspecified atom stereocenters. The van der Waals surface area contributed by atoms with Gasteiger partial charge in [0, 0.05) is 17.9 Å². The van der Waals surface area contributed by atoms with Crippen molar-refractivity contribution >= 4 is 17.4 Å². The van der Waals surface area contributed by atoms with Gasteiger partial charge in [0.1, 0.15) is 5.78 Å². The summed E-state index contributed by atoms with van der Waals surface area (Å²) in [6, 6.07) is 0. The molecule has 0 saturated carbocycles. The van der Waals surface area contributed by atoms with Gasteiger partial charge in [0.25, 0.3) is 0 Å². The Kier molecular flexibility index (Phi) is 5.32. The van der Waals surface area contributed by atoms with Gasteiger partial charge in [-0.05, 0) is 6.42 Å². The van der Waals surface area contributed by atoms with E-state index in [1.807, 2.05) is 13.8 Å². The van der Waals surface area contributed by atoms with E-state index in [4.69, 9.17) is 11.6 Å². The van der Waals surface area contributed by atoms with Crippen LogP contribution in [-0.2, 0) is 4.79 Å². The second-order valence-electron chi connectivity index (χ2n) is 2.52. The second kappa shape index (κ2) is 5.48. The lowest BCUT2D eigenvalue weighted by molar-refractivity contribution is -0.121. The molecule has 0 spiro atoms. The Labute approximate surface area is 67.1 Å². The van der Waals surface area contributed by atoms with Crippen LogP contribution in [0.2, 0.25) is 0 Å². The standard InChI is InChI=1S/C8H13ClO/c1-7(2)8(10)5-3-4-6-9/h4,6-7H,3,5H2,1-2H3/b6-4+. The zero-order valence-corrected chi connectivity index (χ0v) is 7.19. The Balaban J connectivity index is 3.40. The van der Waals surface area contributed by atoms with Crippen LogP contribution in [-0.4, -0.2) is 5.78 Å². The number of halogens is 1. The van der Waals surface area contributed by atoms with Crippen LogP contribution in [0.5, 0.6) is 0 Å². The third-order valence-electron chi connectivity index (χ3n) is 1.29. The summed E-state index contributed by atoms with van der Waals surface area (Å²) in [6.07, 6.45) is 3.17. The molecule has 0 aliphatic rings. The summed E-state index contributed by atoms with van der Waals surface area (Å²) < 4.78 is 0. The first-order chi connectivity index (χ1) is 4.68. The molecular formula is C8H13ClO. The Morgan fingerprint density at radius 2 is 2.20 bits per heavy atom. The number of hydrogen-bond acceptors (Lipinski definition) is 1. The second-order valence-corrected chi connectivity index (χ2v) is 2.77. The lowest BCUT2D eigenvalue weighted by Gasteiger charge is -1.99. The van der Waals surface area contributed by atoms with E-state index in [0.29, 0.717) is 12.2 Å². The summed E-state index contributed by atoms with van der Waals surface area (Å²) in [5, 5.41) is 0. The molecule has 0 radical (unpaired) electrons. The number of allylic oxidation sites excluding steroid dienone is 1. The maximum Gasteiger partial charge on any atom is 0.135 e. The van der Waals surface area contributed by atoms with Gasteiger partial charge < -0.3 is 0 Å². The fraction of sp³-hybridized carbons (Fsp3) is 0.625. The van der Waals surface area contributed by atoms with Gasteiger partial charge in [-0.1, -0.05) is 31.5 Å². The average Bonchev–Trinajstić information content (AvgIpc) is 1.88. The highest BCUT2D eigenvalue weighted by Gasteiger charge is 2.04. The summed E-state index contributed by atoms with van der Waals surface area (Å²) in [7, 11) is 0. The average molecular weight is 161 g/mol. The topological polar surface area (TPSA) is 17.1 Å². The predicted octanol–water partition coefficient (Wildman–Crippen LogP) is 2.74. The van der Waals surface area contributed by atoms with Gasteiger partial charge in [-0.3, -0.25) is 4.79 Å². The Bertz CT molecular complexity index is 127. The SMILES string of the molecule is CC(C)C(=O)CC/C=C/Cl. The first kappa shape index (κ1) is 9.70. The number of carbonyl (C=O) groups is 1. The molecule has 0 aromatic heterocycles. The van der Waals surface area contributed by atoms with Crippen molar-refractivity contribution in [2.24, 2.45) is 5.92 Å². The lowest BCUT2D eigenvalue weighted by Crippen LogP contribution is -2.05. The van der Waals surface area contributed by atoms with Crippen LogP contribution < -0.4 is 0 Å². The summed E-state index contributed by atoms with van der Waals surface area (Å²) in [5.74, 6) is 0.457. The Morgan fingerprint density at radius 3 is 2.60 bits per heavy atom. The molecule has 2 heteroatoms. The van der Waals surface area contributed by atoms with Crippen LogP contribution in [0.3, 0.4) is 0 Å². The maximum atomic E-state index is 10.9. The molecule has 0 aliphatic heterocycles. The Hall–Kier alpha value is -0.300. The first-order valence-corrected chi connectivity index (χ1v) is 3.90. The molecule has 0 rings (SSSR count). The molecule has 0 amide bonds. The number of hydrogen-bond donors (Lipinski definition) is 0. The molecular weight excluding hydrogens is 148 g/mol. The van der Waals surface area contributed by atoms with Crippen LogP contribution in [0.1, 0.15) is 26.7 Å². The van der Waals surface area contributed by atoms with E-state index in [1.165, 1.54) is 5.54 Å². The summed E-state index contributed by atoms with van der Waals surface area (Å²) in [5.41, 5.74) is 1.45. The molecule has 0 aromatic rings. The van der Waals surface area contributed by atoms with Crippen LogP contribution in [0.4, 0.5) is 0 Å². The number of carbonyl (C=O) groups excluding carboxylic acids is 1. The van der Waals surface area contributed by atoms with Crippen molar-refractivity contribution in [3.63, 3.8) is 0 Å². The van der Waals surface area contributed by atoms with E-state index in [0.717, 1.165) is 6.42 Å². The van der Waals surface area contributed by atoms with E-state index < -0.39 is 0 Å². The zero-order valence-electron chi connectivity index (χ0n) is 6.43. The predicted molar refractivity (Wildman–Crippen MR) is 44.1 cm³/mol. The first-order valence-electron chi connectivity index (χ1n) is 3.46. The van der Waals surface area contributed by atoms with Crippen LogP contribution in [0.15, 0.2) is 11.6 Å². The highest BCUT2D eigenvalue weighted by atomic mass is 35.5. The third kappa shape index (κ3) is 4.57. The lowest BCUT2D eigenvalue weighted by atomic mass is 10.1. The Morgan fingerprint density at radius 1 is 1.60 bits per heavy atom. The van der Waals surface area contributed by atoms with E-state index >= 15 is 0 Å². The van der Waals surface area contributed by atoms with E-state index in [2.05, 4.69) is 0 Å². The van der Waals surface area contributed by atoms with Crippen molar-refractivity contribution in [1.82, 2.24) is 0 Å². The summed E-state index contributed by atoms with van der Waals surface area (Å²) in [6.45, 7) is 3.82. The zero-order chi connectivity index (χ0) is 7.98. The molecule has 10 heavy (non-hydrogen) atoms. The van der Waals surface area contributed by atoms with E-state index in [1.54, 1.807) is 6.08 Å². The van der Waals surface area contributed by atoms with Crippen LogP contribution in [0, 0.1) is 5.92 Å². The minimum Gasteiger partial charge on any atom is -0.299 e. The number of Topliss-reactive ketones (excluding diaryl/α,β-unsaturated/α-hetero) is 1. The molecule has 0 aromatic carbocycles. The van der Waals surface area contributed by atoms with Crippen molar-refractivity contribution in [2.45, 2.75) is 26.7 Å². The molecule has 0 bridgehead atoms. The minimum absolute atomic E-state index is 0.156. The van der Waals surface area contributed by atoms with Gasteiger partial charge >= 0.3 is 0 Å². The molecule has 0 atom stereocenters. The van der Waals surface area contributed by atoms with Crippen molar-refractivity contribution in [1.29, 1.82) is 0 Å². The van der Waals surface area contributed by atoms with Crippen molar-refractivity contribution in [2.75, 3.05) is 0 Å². The molecule has 0 fully saturated rings.